The predicted octanol–water partition coefficient (Wildman–Crippen LogP) is 1.84. The third-order valence-electron chi connectivity index (χ3n) is 2.95. The number of para-hydroxylation sites is 1. The van der Waals surface area contributed by atoms with E-state index in [1.165, 1.54) is 5.56 Å². The molecule has 0 saturated heterocycles. The minimum absolute atomic E-state index is 0.292. The van der Waals surface area contributed by atoms with E-state index >= 15 is 0 Å². The Kier molecular flexibility index (Phi) is 2.94. The van der Waals surface area contributed by atoms with Crippen LogP contribution >= 0.6 is 0 Å². The normalized spacial score (nSPS) is 10.5. The molecule has 0 bridgehead atoms. The Morgan fingerprint density at radius 3 is 2.42 bits per heavy atom. The first kappa shape index (κ1) is 11.4. The summed E-state index contributed by atoms with van der Waals surface area (Å²) in [6, 6.07) is 18.2. The van der Waals surface area contributed by atoms with E-state index in [9.17, 15) is 0 Å². The van der Waals surface area contributed by atoms with E-state index in [2.05, 4.69) is 33.7 Å². The Hall–Kier alpha value is -2.69. The third kappa shape index (κ3) is 2.30. The minimum atomic E-state index is 0.292. The standard InChI is InChI=1S/C14H13N5/c15-14-16-17-18-19(14)13-9-5-4-8-12(13)10-11-6-2-1-3-7-11/h1-9H,10H2,(H2,15,16,18). The molecule has 0 saturated carbocycles. The zero-order valence-corrected chi connectivity index (χ0v) is 10.3. The van der Waals surface area contributed by atoms with Gasteiger partial charge in [0.15, 0.2) is 0 Å². The van der Waals surface area contributed by atoms with E-state index in [4.69, 9.17) is 5.73 Å². The number of aromatic nitrogens is 4. The van der Waals surface area contributed by atoms with Crippen LogP contribution in [0.1, 0.15) is 11.1 Å². The smallest absolute Gasteiger partial charge is 0.245 e. The number of hydrogen-bond acceptors (Lipinski definition) is 4. The molecule has 0 spiro atoms. The molecule has 0 unspecified atom stereocenters. The van der Waals surface area contributed by atoms with Gasteiger partial charge < -0.3 is 5.73 Å². The van der Waals surface area contributed by atoms with Crippen molar-refractivity contribution in [3.8, 4) is 5.69 Å². The SMILES string of the molecule is Nc1nnnn1-c1ccccc1Cc1ccccc1. The van der Waals surface area contributed by atoms with Crippen LogP contribution in [0.4, 0.5) is 5.95 Å². The lowest BCUT2D eigenvalue weighted by atomic mass is 10.0. The van der Waals surface area contributed by atoms with Gasteiger partial charge >= 0.3 is 0 Å². The number of tetrazole rings is 1. The summed E-state index contributed by atoms with van der Waals surface area (Å²) in [7, 11) is 0. The van der Waals surface area contributed by atoms with Crippen molar-refractivity contribution >= 4 is 5.95 Å². The fourth-order valence-electron chi connectivity index (χ4n) is 2.05. The first-order valence-electron chi connectivity index (χ1n) is 6.00. The van der Waals surface area contributed by atoms with Gasteiger partial charge in [0.1, 0.15) is 0 Å². The molecule has 19 heavy (non-hydrogen) atoms. The van der Waals surface area contributed by atoms with Gasteiger partial charge in [0.2, 0.25) is 5.95 Å². The quantitative estimate of drug-likeness (QED) is 0.771. The molecule has 0 aliphatic carbocycles. The fraction of sp³-hybridized carbons (Fsp3) is 0.0714. The van der Waals surface area contributed by atoms with E-state index in [1.807, 2.05) is 36.4 Å². The van der Waals surface area contributed by atoms with Gasteiger partial charge in [-0.3, -0.25) is 0 Å². The van der Waals surface area contributed by atoms with Gasteiger partial charge in [-0.05, 0) is 34.0 Å². The molecule has 5 heteroatoms. The molecule has 3 rings (SSSR count). The number of anilines is 1. The molecule has 0 atom stereocenters. The van der Waals surface area contributed by atoms with Crippen LogP contribution in [0.2, 0.25) is 0 Å². The van der Waals surface area contributed by atoms with Crippen LogP contribution in [-0.2, 0) is 6.42 Å². The summed E-state index contributed by atoms with van der Waals surface area (Å²) in [5, 5.41) is 11.2. The van der Waals surface area contributed by atoms with Gasteiger partial charge in [0.25, 0.3) is 0 Å². The highest BCUT2D eigenvalue weighted by Gasteiger charge is 2.09. The average Bonchev–Trinajstić information content (AvgIpc) is 2.87. The molecule has 3 aromatic rings. The highest BCUT2D eigenvalue weighted by Crippen LogP contribution is 2.18. The van der Waals surface area contributed by atoms with Gasteiger partial charge in [-0.1, -0.05) is 53.6 Å². The number of nitrogens with zero attached hydrogens (tertiary/aromatic N) is 4. The van der Waals surface area contributed by atoms with Crippen LogP contribution in [0.3, 0.4) is 0 Å². The summed E-state index contributed by atoms with van der Waals surface area (Å²) < 4.78 is 1.55. The molecule has 0 aliphatic rings. The van der Waals surface area contributed by atoms with Crippen molar-refractivity contribution in [1.82, 2.24) is 20.2 Å². The number of rotatable bonds is 3. The molecule has 0 fully saturated rings. The van der Waals surface area contributed by atoms with E-state index in [1.54, 1.807) is 4.68 Å². The first-order valence-corrected chi connectivity index (χ1v) is 6.00. The molecule has 0 radical (unpaired) electrons. The number of nitrogens with two attached hydrogens (primary N) is 1. The molecule has 94 valence electrons. The highest BCUT2D eigenvalue weighted by atomic mass is 15.6. The summed E-state index contributed by atoms with van der Waals surface area (Å²) in [4.78, 5) is 0. The molecule has 5 nitrogen and oxygen atoms in total. The monoisotopic (exact) mass is 251 g/mol. The zero-order chi connectivity index (χ0) is 13.1. The summed E-state index contributed by atoms with van der Waals surface area (Å²) >= 11 is 0. The van der Waals surface area contributed by atoms with E-state index in [0.717, 1.165) is 17.7 Å². The first-order chi connectivity index (χ1) is 9.34. The van der Waals surface area contributed by atoms with E-state index in [-0.39, 0.29) is 0 Å². The summed E-state index contributed by atoms with van der Waals surface area (Å²) in [6.45, 7) is 0. The zero-order valence-electron chi connectivity index (χ0n) is 10.3. The number of benzene rings is 2. The molecule has 1 heterocycles. The second-order valence-corrected chi connectivity index (χ2v) is 4.24. The summed E-state index contributed by atoms with van der Waals surface area (Å²) in [5.74, 6) is 0.292. The minimum Gasteiger partial charge on any atom is -0.366 e. The summed E-state index contributed by atoms with van der Waals surface area (Å²) in [5.41, 5.74) is 9.04. The van der Waals surface area contributed by atoms with Crippen LogP contribution in [0, 0.1) is 0 Å². The lowest BCUT2D eigenvalue weighted by Crippen LogP contribution is -2.06. The largest absolute Gasteiger partial charge is 0.366 e. The summed E-state index contributed by atoms with van der Waals surface area (Å²) in [6.07, 6.45) is 0.816. The molecular weight excluding hydrogens is 238 g/mol. The molecule has 2 N–H and O–H groups in total. The average molecular weight is 251 g/mol. The van der Waals surface area contributed by atoms with Crippen LogP contribution in [0.5, 0.6) is 0 Å². The van der Waals surface area contributed by atoms with Gasteiger partial charge in [0, 0.05) is 0 Å². The second-order valence-electron chi connectivity index (χ2n) is 4.24. The Morgan fingerprint density at radius 2 is 1.68 bits per heavy atom. The van der Waals surface area contributed by atoms with Crippen molar-refractivity contribution < 1.29 is 0 Å². The van der Waals surface area contributed by atoms with E-state index < -0.39 is 0 Å². The van der Waals surface area contributed by atoms with Crippen molar-refractivity contribution in [3.05, 3.63) is 65.7 Å². The van der Waals surface area contributed by atoms with Gasteiger partial charge in [-0.2, -0.15) is 4.68 Å². The maximum atomic E-state index is 5.76. The van der Waals surface area contributed by atoms with Gasteiger partial charge in [0.05, 0.1) is 5.69 Å². The Labute approximate surface area is 110 Å². The van der Waals surface area contributed by atoms with Gasteiger partial charge in [-0.25, -0.2) is 0 Å². The highest BCUT2D eigenvalue weighted by molar-refractivity contribution is 5.45. The van der Waals surface area contributed by atoms with Crippen molar-refractivity contribution in [1.29, 1.82) is 0 Å². The predicted molar refractivity (Wildman–Crippen MR) is 72.8 cm³/mol. The van der Waals surface area contributed by atoms with Crippen LogP contribution in [0.15, 0.2) is 54.6 Å². The Bertz CT molecular complexity index is 675. The lowest BCUT2D eigenvalue weighted by Gasteiger charge is -2.09. The number of nitrogen functional groups attached to an aromatic ring is 1. The van der Waals surface area contributed by atoms with Crippen molar-refractivity contribution in [2.45, 2.75) is 6.42 Å². The lowest BCUT2D eigenvalue weighted by molar-refractivity contribution is 0.785. The topological polar surface area (TPSA) is 69.6 Å². The van der Waals surface area contributed by atoms with Gasteiger partial charge in [-0.15, -0.1) is 0 Å². The van der Waals surface area contributed by atoms with Crippen LogP contribution in [0.25, 0.3) is 5.69 Å². The van der Waals surface area contributed by atoms with Crippen LogP contribution < -0.4 is 5.73 Å². The Morgan fingerprint density at radius 1 is 0.947 bits per heavy atom. The Balaban J connectivity index is 2.01. The van der Waals surface area contributed by atoms with Crippen molar-refractivity contribution in [2.24, 2.45) is 0 Å². The van der Waals surface area contributed by atoms with Crippen LogP contribution in [-0.4, -0.2) is 20.2 Å². The fourth-order valence-corrected chi connectivity index (χ4v) is 2.05. The maximum Gasteiger partial charge on any atom is 0.245 e. The molecule has 0 amide bonds. The molecule has 1 aromatic heterocycles. The third-order valence-corrected chi connectivity index (χ3v) is 2.95. The molecular formula is C14H13N5. The molecule has 2 aromatic carbocycles. The van der Waals surface area contributed by atoms with E-state index in [0.29, 0.717) is 5.95 Å². The second kappa shape index (κ2) is 4.89. The van der Waals surface area contributed by atoms with Crippen molar-refractivity contribution in [2.75, 3.05) is 5.73 Å². The maximum absolute atomic E-state index is 5.76. The molecule has 0 aliphatic heterocycles. The number of hydrogen-bond donors (Lipinski definition) is 1. The van der Waals surface area contributed by atoms with Crippen molar-refractivity contribution in [3.63, 3.8) is 0 Å².